The second kappa shape index (κ2) is 6.27. The minimum Gasteiger partial charge on any atom is -0.171 e. The molecule has 0 unspecified atom stereocenters. The van der Waals surface area contributed by atoms with Crippen LogP contribution < -0.4 is 0 Å². The molecule has 0 bridgehead atoms. The maximum Gasteiger partial charge on any atom is 0.394 e. The summed E-state index contributed by atoms with van der Waals surface area (Å²) >= 11 is 0. The Morgan fingerprint density at radius 3 is 1.85 bits per heavy atom. The Morgan fingerprint density at radius 1 is 0.900 bits per heavy atom. The molecule has 0 aliphatic heterocycles. The van der Waals surface area contributed by atoms with Crippen molar-refractivity contribution in [1.82, 2.24) is 0 Å². The van der Waals surface area contributed by atoms with Crippen LogP contribution in [0, 0.1) is 23.2 Å². The Bertz CT molecular complexity index is 292. The Labute approximate surface area is 121 Å². The van der Waals surface area contributed by atoms with Gasteiger partial charge in [0, 0.05) is 0 Å². The van der Waals surface area contributed by atoms with E-state index in [9.17, 15) is 13.2 Å². The molecule has 20 heavy (non-hydrogen) atoms. The molecule has 0 aromatic rings. The van der Waals surface area contributed by atoms with Gasteiger partial charge in [-0.3, -0.25) is 0 Å². The van der Waals surface area contributed by atoms with Gasteiger partial charge in [0.2, 0.25) is 0 Å². The molecule has 0 amide bonds. The summed E-state index contributed by atoms with van der Waals surface area (Å²) in [6.45, 7) is 4.18. The third-order valence-corrected chi connectivity index (χ3v) is 6.04. The molecule has 0 spiro atoms. The molecule has 0 radical (unpaired) electrons. The Balaban J connectivity index is 1.93. The quantitative estimate of drug-likeness (QED) is 0.568. The zero-order valence-corrected chi connectivity index (χ0v) is 12.9. The molecule has 2 rings (SSSR count). The van der Waals surface area contributed by atoms with Gasteiger partial charge in [-0.25, -0.2) is 0 Å². The van der Waals surface area contributed by atoms with E-state index in [1.54, 1.807) is 0 Å². The zero-order valence-electron chi connectivity index (χ0n) is 12.9. The van der Waals surface area contributed by atoms with Gasteiger partial charge < -0.3 is 0 Å². The SMILES string of the molecule is CCCC1(C(F)(F)F)CCC(C2CCC(C)CC2)CC1. The second-order valence-corrected chi connectivity index (χ2v) is 7.39. The number of rotatable bonds is 3. The lowest BCUT2D eigenvalue weighted by Crippen LogP contribution is -2.42. The van der Waals surface area contributed by atoms with Crippen LogP contribution in [0.15, 0.2) is 0 Å². The van der Waals surface area contributed by atoms with E-state index in [-0.39, 0.29) is 0 Å². The molecule has 3 heteroatoms. The van der Waals surface area contributed by atoms with Gasteiger partial charge in [0.15, 0.2) is 0 Å². The van der Waals surface area contributed by atoms with Gasteiger partial charge in [0.1, 0.15) is 0 Å². The van der Waals surface area contributed by atoms with Crippen LogP contribution in [-0.4, -0.2) is 6.18 Å². The topological polar surface area (TPSA) is 0 Å². The summed E-state index contributed by atoms with van der Waals surface area (Å²) in [7, 11) is 0. The lowest BCUT2D eigenvalue weighted by Gasteiger charge is -2.44. The summed E-state index contributed by atoms with van der Waals surface area (Å²) in [6, 6.07) is 0. The average molecular weight is 290 g/mol. The van der Waals surface area contributed by atoms with Crippen LogP contribution in [0.5, 0.6) is 0 Å². The maximum atomic E-state index is 13.4. The summed E-state index contributed by atoms with van der Waals surface area (Å²) < 4.78 is 40.2. The molecule has 0 aromatic heterocycles. The number of hydrogen-bond acceptors (Lipinski definition) is 0. The van der Waals surface area contributed by atoms with Crippen LogP contribution >= 0.6 is 0 Å². The number of alkyl halides is 3. The highest BCUT2D eigenvalue weighted by atomic mass is 19.4. The summed E-state index contributed by atoms with van der Waals surface area (Å²) in [5.74, 6) is 2.10. The standard InChI is InChI=1S/C17H29F3/c1-3-10-16(17(18,19)20)11-8-15(9-12-16)14-6-4-13(2)5-7-14/h13-15H,3-12H2,1-2H3. The average Bonchev–Trinajstić information content (AvgIpc) is 2.40. The van der Waals surface area contributed by atoms with Crippen LogP contribution in [-0.2, 0) is 0 Å². The zero-order chi connectivity index (χ0) is 14.8. The van der Waals surface area contributed by atoms with Gasteiger partial charge in [-0.2, -0.15) is 13.2 Å². The van der Waals surface area contributed by atoms with Crippen molar-refractivity contribution in [3.63, 3.8) is 0 Å². The van der Waals surface area contributed by atoms with Crippen molar-refractivity contribution < 1.29 is 13.2 Å². The third kappa shape index (κ3) is 3.33. The summed E-state index contributed by atoms with van der Waals surface area (Å²) in [4.78, 5) is 0. The van der Waals surface area contributed by atoms with Crippen molar-refractivity contribution in [2.24, 2.45) is 23.2 Å². The highest BCUT2D eigenvalue weighted by Gasteiger charge is 2.55. The predicted molar refractivity (Wildman–Crippen MR) is 76.5 cm³/mol. The van der Waals surface area contributed by atoms with Crippen LogP contribution in [0.1, 0.15) is 78.1 Å². The molecular formula is C17H29F3. The first-order valence-corrected chi connectivity index (χ1v) is 8.44. The number of halogens is 3. The fourth-order valence-electron chi connectivity index (χ4n) is 4.58. The fourth-order valence-corrected chi connectivity index (χ4v) is 4.58. The largest absolute Gasteiger partial charge is 0.394 e. The highest BCUT2D eigenvalue weighted by molar-refractivity contribution is 4.93. The van der Waals surface area contributed by atoms with Crippen molar-refractivity contribution >= 4 is 0 Å². The van der Waals surface area contributed by atoms with Crippen molar-refractivity contribution in [2.75, 3.05) is 0 Å². The first kappa shape index (κ1) is 16.2. The molecule has 0 heterocycles. The van der Waals surface area contributed by atoms with E-state index in [2.05, 4.69) is 6.92 Å². The lowest BCUT2D eigenvalue weighted by atomic mass is 9.63. The minimum atomic E-state index is -4.00. The van der Waals surface area contributed by atoms with Gasteiger partial charge in [-0.15, -0.1) is 0 Å². The van der Waals surface area contributed by atoms with Crippen LogP contribution in [0.2, 0.25) is 0 Å². The second-order valence-electron chi connectivity index (χ2n) is 7.39. The van der Waals surface area contributed by atoms with Crippen molar-refractivity contribution in [1.29, 1.82) is 0 Å². The number of hydrogen-bond donors (Lipinski definition) is 0. The van der Waals surface area contributed by atoms with E-state index >= 15 is 0 Å². The Hall–Kier alpha value is -0.210. The molecule has 2 fully saturated rings. The van der Waals surface area contributed by atoms with Gasteiger partial charge in [0.05, 0.1) is 5.41 Å². The van der Waals surface area contributed by atoms with Gasteiger partial charge in [-0.05, 0) is 62.7 Å². The molecule has 2 aliphatic rings. The van der Waals surface area contributed by atoms with E-state index in [1.165, 1.54) is 25.7 Å². The molecule has 2 aliphatic carbocycles. The molecule has 0 aromatic carbocycles. The van der Waals surface area contributed by atoms with Crippen molar-refractivity contribution in [3.05, 3.63) is 0 Å². The van der Waals surface area contributed by atoms with Crippen LogP contribution in [0.25, 0.3) is 0 Å². The first-order chi connectivity index (χ1) is 9.38. The van der Waals surface area contributed by atoms with E-state index < -0.39 is 11.6 Å². The predicted octanol–water partition coefficient (Wildman–Crippen LogP) is 6.35. The van der Waals surface area contributed by atoms with Crippen LogP contribution in [0.4, 0.5) is 13.2 Å². The lowest BCUT2D eigenvalue weighted by molar-refractivity contribution is -0.241. The fraction of sp³-hybridized carbons (Fsp3) is 1.00. The normalized spacial score (nSPS) is 39.8. The molecule has 0 saturated heterocycles. The maximum absolute atomic E-state index is 13.4. The summed E-state index contributed by atoms with van der Waals surface area (Å²) in [5, 5.41) is 0. The van der Waals surface area contributed by atoms with Gasteiger partial charge in [0.25, 0.3) is 0 Å². The Kier molecular flexibility index (Phi) is 5.07. The molecule has 0 nitrogen and oxygen atoms in total. The third-order valence-electron chi connectivity index (χ3n) is 6.04. The summed E-state index contributed by atoms with van der Waals surface area (Å²) in [6.07, 6.45) is 4.38. The molecular weight excluding hydrogens is 261 g/mol. The first-order valence-electron chi connectivity index (χ1n) is 8.44. The van der Waals surface area contributed by atoms with Gasteiger partial charge >= 0.3 is 6.18 Å². The van der Waals surface area contributed by atoms with Crippen molar-refractivity contribution in [3.8, 4) is 0 Å². The molecule has 118 valence electrons. The highest BCUT2D eigenvalue weighted by Crippen LogP contribution is 2.55. The van der Waals surface area contributed by atoms with E-state index in [4.69, 9.17) is 0 Å². The minimum absolute atomic E-state index is 0.324. The van der Waals surface area contributed by atoms with E-state index in [0.29, 0.717) is 37.5 Å². The smallest absolute Gasteiger partial charge is 0.171 e. The molecule has 0 atom stereocenters. The van der Waals surface area contributed by atoms with Crippen molar-refractivity contribution in [2.45, 2.75) is 84.2 Å². The Morgan fingerprint density at radius 2 is 1.40 bits per heavy atom. The van der Waals surface area contributed by atoms with Gasteiger partial charge in [-0.1, -0.05) is 33.1 Å². The van der Waals surface area contributed by atoms with E-state index in [1.807, 2.05) is 6.92 Å². The molecule has 0 N–H and O–H groups in total. The van der Waals surface area contributed by atoms with Crippen LogP contribution in [0.3, 0.4) is 0 Å². The van der Waals surface area contributed by atoms with E-state index in [0.717, 1.165) is 18.8 Å². The summed E-state index contributed by atoms with van der Waals surface area (Å²) in [5.41, 5.74) is -1.36. The monoisotopic (exact) mass is 290 g/mol. The molecule has 2 saturated carbocycles.